The first-order chi connectivity index (χ1) is 6.40. The van der Waals surface area contributed by atoms with E-state index in [9.17, 15) is 0 Å². The number of rotatable bonds is 1. The third kappa shape index (κ3) is 1.72. The van der Waals surface area contributed by atoms with E-state index < -0.39 is 0 Å². The molecule has 0 aliphatic heterocycles. The fraction of sp³-hybridized carbons (Fsp3) is 0.417. The Hall–Kier alpha value is -1.29. The van der Waals surface area contributed by atoms with Gasteiger partial charge in [0.15, 0.2) is 0 Å². The van der Waals surface area contributed by atoms with E-state index in [0.29, 0.717) is 12.3 Å². The largest absolute Gasteiger partial charge is 0.198 e. The molecule has 0 spiro atoms. The molecular formula is C12H13N. The van der Waals surface area contributed by atoms with Crippen LogP contribution in [0.2, 0.25) is 0 Å². The van der Waals surface area contributed by atoms with Crippen molar-refractivity contribution in [1.29, 1.82) is 5.26 Å². The topological polar surface area (TPSA) is 23.8 Å². The van der Waals surface area contributed by atoms with E-state index in [1.54, 1.807) is 0 Å². The Labute approximate surface area is 79.0 Å². The molecule has 1 nitrogen and oxygen atoms in total. The van der Waals surface area contributed by atoms with Crippen LogP contribution < -0.4 is 0 Å². The smallest absolute Gasteiger partial charge is 0.0624 e. The van der Waals surface area contributed by atoms with Gasteiger partial charge in [-0.2, -0.15) is 5.26 Å². The van der Waals surface area contributed by atoms with Gasteiger partial charge in [0.05, 0.1) is 6.07 Å². The summed E-state index contributed by atoms with van der Waals surface area (Å²) >= 11 is 0. The zero-order chi connectivity index (χ0) is 9.10. The number of hydrogen-bond donors (Lipinski definition) is 0. The van der Waals surface area contributed by atoms with Crippen LogP contribution >= 0.6 is 0 Å². The highest BCUT2D eigenvalue weighted by Gasteiger charge is 2.17. The van der Waals surface area contributed by atoms with Crippen molar-refractivity contribution in [2.75, 3.05) is 0 Å². The minimum atomic E-state index is 0.597. The molecule has 1 aromatic rings. The molecule has 1 unspecified atom stereocenters. The Morgan fingerprint density at radius 3 is 2.85 bits per heavy atom. The third-order valence-corrected chi connectivity index (χ3v) is 2.83. The Balaban J connectivity index is 2.16. The Morgan fingerprint density at radius 2 is 2.08 bits per heavy atom. The average Bonchev–Trinajstić information content (AvgIpc) is 2.18. The summed E-state index contributed by atoms with van der Waals surface area (Å²) in [6.07, 6.45) is 4.16. The molecule has 2 rings (SSSR count). The number of fused-ring (bicyclic) bond motifs is 1. The van der Waals surface area contributed by atoms with E-state index in [2.05, 4.69) is 30.3 Å². The monoisotopic (exact) mass is 171 g/mol. The molecule has 0 saturated carbocycles. The molecule has 0 amide bonds. The summed E-state index contributed by atoms with van der Waals surface area (Å²) in [6, 6.07) is 10.9. The Morgan fingerprint density at radius 1 is 1.31 bits per heavy atom. The summed E-state index contributed by atoms with van der Waals surface area (Å²) in [5, 5.41) is 8.62. The van der Waals surface area contributed by atoms with Crippen molar-refractivity contribution in [3.8, 4) is 6.07 Å². The van der Waals surface area contributed by atoms with Gasteiger partial charge < -0.3 is 0 Å². The van der Waals surface area contributed by atoms with Crippen molar-refractivity contribution >= 4 is 0 Å². The van der Waals surface area contributed by atoms with Gasteiger partial charge in [-0.15, -0.1) is 0 Å². The number of benzene rings is 1. The van der Waals surface area contributed by atoms with Crippen molar-refractivity contribution in [2.45, 2.75) is 25.7 Å². The molecule has 0 saturated heterocycles. The van der Waals surface area contributed by atoms with Crippen molar-refractivity contribution in [2.24, 2.45) is 5.92 Å². The fourth-order valence-corrected chi connectivity index (χ4v) is 2.08. The van der Waals surface area contributed by atoms with Gasteiger partial charge in [0, 0.05) is 6.42 Å². The predicted octanol–water partition coefficient (Wildman–Crippen LogP) is 2.71. The van der Waals surface area contributed by atoms with E-state index in [4.69, 9.17) is 5.26 Å². The molecule has 0 bridgehead atoms. The van der Waals surface area contributed by atoms with Crippen LogP contribution in [-0.2, 0) is 12.8 Å². The quantitative estimate of drug-likeness (QED) is 0.637. The second-order valence-electron chi connectivity index (χ2n) is 3.74. The lowest BCUT2D eigenvalue weighted by Gasteiger charge is -2.22. The molecule has 1 aliphatic rings. The Kier molecular flexibility index (Phi) is 2.31. The van der Waals surface area contributed by atoms with E-state index in [1.807, 2.05) is 0 Å². The summed E-state index contributed by atoms with van der Waals surface area (Å²) in [5.74, 6) is 0.597. The molecular weight excluding hydrogens is 158 g/mol. The van der Waals surface area contributed by atoms with Gasteiger partial charge in [0.1, 0.15) is 0 Å². The summed E-state index contributed by atoms with van der Waals surface area (Å²) in [6.45, 7) is 0. The first-order valence-electron chi connectivity index (χ1n) is 4.84. The number of nitrogens with zero attached hydrogens (tertiary/aromatic N) is 1. The summed E-state index contributed by atoms with van der Waals surface area (Å²) in [7, 11) is 0. The van der Waals surface area contributed by atoms with Gasteiger partial charge in [0.2, 0.25) is 0 Å². The molecule has 0 heterocycles. The SMILES string of the molecule is N#CCC1CCc2ccccc2C1. The lowest BCUT2D eigenvalue weighted by Crippen LogP contribution is -2.13. The van der Waals surface area contributed by atoms with E-state index >= 15 is 0 Å². The second-order valence-corrected chi connectivity index (χ2v) is 3.74. The maximum atomic E-state index is 8.62. The highest BCUT2D eigenvalue weighted by molar-refractivity contribution is 5.29. The lowest BCUT2D eigenvalue weighted by molar-refractivity contribution is 0.468. The fourth-order valence-electron chi connectivity index (χ4n) is 2.08. The molecule has 0 radical (unpaired) electrons. The summed E-state index contributed by atoms with van der Waals surface area (Å²) in [5.41, 5.74) is 2.94. The summed E-state index contributed by atoms with van der Waals surface area (Å²) in [4.78, 5) is 0. The second kappa shape index (κ2) is 3.62. The molecule has 1 aliphatic carbocycles. The van der Waals surface area contributed by atoms with Crippen molar-refractivity contribution < 1.29 is 0 Å². The number of hydrogen-bond acceptors (Lipinski definition) is 1. The standard InChI is InChI=1S/C12H13N/c13-8-7-10-5-6-11-3-1-2-4-12(11)9-10/h1-4,10H,5-7,9H2. The molecule has 1 atom stereocenters. The maximum Gasteiger partial charge on any atom is 0.0624 e. The van der Waals surface area contributed by atoms with Crippen LogP contribution in [0.4, 0.5) is 0 Å². The minimum absolute atomic E-state index is 0.597. The summed E-state index contributed by atoms with van der Waals surface area (Å²) < 4.78 is 0. The third-order valence-electron chi connectivity index (χ3n) is 2.83. The van der Waals surface area contributed by atoms with Gasteiger partial charge >= 0.3 is 0 Å². The molecule has 0 fully saturated rings. The van der Waals surface area contributed by atoms with Gasteiger partial charge in [-0.1, -0.05) is 24.3 Å². The molecule has 0 aromatic heterocycles. The van der Waals surface area contributed by atoms with Gasteiger partial charge in [-0.05, 0) is 36.3 Å². The van der Waals surface area contributed by atoms with E-state index in [1.165, 1.54) is 17.5 Å². The van der Waals surface area contributed by atoms with Crippen molar-refractivity contribution in [3.05, 3.63) is 35.4 Å². The number of aryl methyl sites for hydroxylation is 1. The van der Waals surface area contributed by atoms with Crippen molar-refractivity contribution in [1.82, 2.24) is 0 Å². The van der Waals surface area contributed by atoms with Gasteiger partial charge in [-0.25, -0.2) is 0 Å². The average molecular weight is 171 g/mol. The van der Waals surface area contributed by atoms with Crippen LogP contribution in [0.5, 0.6) is 0 Å². The zero-order valence-corrected chi connectivity index (χ0v) is 7.66. The van der Waals surface area contributed by atoms with Crippen molar-refractivity contribution in [3.63, 3.8) is 0 Å². The first-order valence-corrected chi connectivity index (χ1v) is 4.84. The van der Waals surface area contributed by atoms with Crippen LogP contribution in [0.15, 0.2) is 24.3 Å². The predicted molar refractivity (Wildman–Crippen MR) is 52.2 cm³/mol. The van der Waals surface area contributed by atoms with Crippen LogP contribution in [-0.4, -0.2) is 0 Å². The highest BCUT2D eigenvalue weighted by atomic mass is 14.3. The van der Waals surface area contributed by atoms with E-state index in [0.717, 1.165) is 12.8 Å². The highest BCUT2D eigenvalue weighted by Crippen LogP contribution is 2.26. The Bertz CT molecular complexity index is 335. The van der Waals surface area contributed by atoms with Crippen LogP contribution in [0, 0.1) is 17.2 Å². The van der Waals surface area contributed by atoms with Crippen LogP contribution in [0.25, 0.3) is 0 Å². The van der Waals surface area contributed by atoms with E-state index in [-0.39, 0.29) is 0 Å². The molecule has 1 heteroatoms. The minimum Gasteiger partial charge on any atom is -0.198 e. The van der Waals surface area contributed by atoms with Gasteiger partial charge in [-0.3, -0.25) is 0 Å². The normalized spacial score (nSPS) is 20.4. The van der Waals surface area contributed by atoms with Gasteiger partial charge in [0.25, 0.3) is 0 Å². The molecule has 13 heavy (non-hydrogen) atoms. The van der Waals surface area contributed by atoms with Crippen LogP contribution in [0.1, 0.15) is 24.0 Å². The maximum absolute atomic E-state index is 8.62. The van der Waals surface area contributed by atoms with Crippen LogP contribution in [0.3, 0.4) is 0 Å². The molecule has 0 N–H and O–H groups in total. The molecule has 66 valence electrons. The number of nitriles is 1. The zero-order valence-electron chi connectivity index (χ0n) is 7.66. The lowest BCUT2D eigenvalue weighted by atomic mass is 9.83. The molecule has 1 aromatic carbocycles. The first kappa shape index (κ1) is 8.31.